The minimum atomic E-state index is -3.57. The molecule has 2 aromatic rings. The lowest BCUT2D eigenvalue weighted by Crippen LogP contribution is -2.50. The topological polar surface area (TPSA) is 86.8 Å². The van der Waals surface area contributed by atoms with Gasteiger partial charge in [-0.2, -0.15) is 0 Å². The number of benzene rings is 2. The van der Waals surface area contributed by atoms with Crippen molar-refractivity contribution in [2.45, 2.75) is 72.0 Å². The molecule has 2 atom stereocenters. The van der Waals surface area contributed by atoms with Crippen molar-refractivity contribution in [1.29, 1.82) is 0 Å². The maximum atomic E-state index is 13.5. The Kier molecular flexibility index (Phi) is 11.2. The van der Waals surface area contributed by atoms with Gasteiger partial charge in [-0.05, 0) is 62.4 Å². The van der Waals surface area contributed by atoms with E-state index < -0.39 is 16.1 Å². The van der Waals surface area contributed by atoms with E-state index in [2.05, 4.69) is 5.32 Å². The molecular weight excluding hydrogens is 498 g/mol. The van der Waals surface area contributed by atoms with Gasteiger partial charge < -0.3 is 10.2 Å². The number of hydrogen-bond acceptors (Lipinski definition) is 4. The third-order valence-corrected chi connectivity index (χ3v) is 7.67. The molecule has 198 valence electrons. The zero-order valence-corrected chi connectivity index (χ0v) is 23.4. The summed E-state index contributed by atoms with van der Waals surface area (Å²) in [6, 6.07) is 13.8. The number of sulfonamides is 1. The quantitative estimate of drug-likeness (QED) is 0.394. The third kappa shape index (κ3) is 8.52. The molecule has 0 aliphatic carbocycles. The van der Waals surface area contributed by atoms with Gasteiger partial charge in [-0.15, -0.1) is 0 Å². The molecule has 0 saturated carbocycles. The first-order valence-corrected chi connectivity index (χ1v) is 14.6. The molecule has 0 spiro atoms. The Labute approximate surface area is 220 Å². The molecule has 2 aromatic carbocycles. The summed E-state index contributed by atoms with van der Waals surface area (Å²) in [5, 5.41) is 3.43. The first-order valence-electron chi connectivity index (χ1n) is 12.4. The van der Waals surface area contributed by atoms with Crippen molar-refractivity contribution in [3.63, 3.8) is 0 Å². The van der Waals surface area contributed by atoms with Gasteiger partial charge in [0.1, 0.15) is 6.04 Å². The Morgan fingerprint density at radius 1 is 1.06 bits per heavy atom. The Bertz CT molecular complexity index is 1140. The predicted octanol–water partition coefficient (Wildman–Crippen LogP) is 4.92. The molecule has 36 heavy (non-hydrogen) atoms. The fraction of sp³-hybridized carbons (Fsp3) is 0.481. The van der Waals surface area contributed by atoms with Crippen LogP contribution in [0.15, 0.2) is 48.5 Å². The van der Waals surface area contributed by atoms with Crippen LogP contribution in [0.1, 0.15) is 57.6 Å². The van der Waals surface area contributed by atoms with Crippen molar-refractivity contribution in [3.05, 3.63) is 64.7 Å². The Morgan fingerprint density at radius 2 is 1.75 bits per heavy atom. The van der Waals surface area contributed by atoms with Crippen LogP contribution in [0, 0.1) is 6.92 Å². The van der Waals surface area contributed by atoms with E-state index in [4.69, 9.17) is 11.6 Å². The number of anilines is 1. The van der Waals surface area contributed by atoms with E-state index in [0.29, 0.717) is 30.1 Å². The van der Waals surface area contributed by atoms with E-state index in [1.54, 1.807) is 29.2 Å². The summed E-state index contributed by atoms with van der Waals surface area (Å²) in [4.78, 5) is 28.2. The molecule has 0 fully saturated rings. The highest BCUT2D eigenvalue weighted by Crippen LogP contribution is 2.23. The summed E-state index contributed by atoms with van der Waals surface area (Å²) in [6.45, 7) is 8.24. The van der Waals surface area contributed by atoms with Crippen LogP contribution in [0.4, 0.5) is 5.69 Å². The first kappa shape index (κ1) is 29.6. The molecule has 0 radical (unpaired) electrons. The van der Waals surface area contributed by atoms with Gasteiger partial charge in [0, 0.05) is 30.6 Å². The summed E-state index contributed by atoms with van der Waals surface area (Å²) in [6.07, 6.45) is 2.79. The number of nitrogens with zero attached hydrogens (tertiary/aromatic N) is 2. The number of carbonyl (C=O) groups excluding carboxylic acids is 2. The van der Waals surface area contributed by atoms with Crippen LogP contribution in [-0.2, 0) is 26.2 Å². The van der Waals surface area contributed by atoms with E-state index in [9.17, 15) is 18.0 Å². The second-order valence-electron chi connectivity index (χ2n) is 9.11. The van der Waals surface area contributed by atoms with E-state index in [-0.39, 0.29) is 30.8 Å². The lowest BCUT2D eigenvalue weighted by atomic mass is 10.0. The van der Waals surface area contributed by atoms with E-state index in [1.165, 1.54) is 4.31 Å². The molecule has 0 saturated heterocycles. The second kappa shape index (κ2) is 13.7. The normalized spacial score (nSPS) is 13.1. The summed E-state index contributed by atoms with van der Waals surface area (Å²) in [5.41, 5.74) is 2.46. The monoisotopic (exact) mass is 535 g/mol. The van der Waals surface area contributed by atoms with E-state index in [1.807, 2.05) is 52.0 Å². The lowest BCUT2D eigenvalue weighted by molar-refractivity contribution is -0.141. The fourth-order valence-corrected chi connectivity index (χ4v) is 5.11. The van der Waals surface area contributed by atoms with Gasteiger partial charge in [0.15, 0.2) is 0 Å². The van der Waals surface area contributed by atoms with Gasteiger partial charge in [-0.25, -0.2) is 8.42 Å². The average Bonchev–Trinajstić information content (AvgIpc) is 2.81. The molecular formula is C27H38ClN3O4S. The summed E-state index contributed by atoms with van der Waals surface area (Å²) in [7, 11) is -3.57. The Hall–Kier alpha value is -2.58. The number of carbonyl (C=O) groups is 2. The van der Waals surface area contributed by atoms with Crippen molar-refractivity contribution >= 4 is 39.1 Å². The number of hydrogen-bond donors (Lipinski definition) is 1. The third-order valence-electron chi connectivity index (χ3n) is 6.24. The van der Waals surface area contributed by atoms with Crippen molar-refractivity contribution in [2.24, 2.45) is 0 Å². The van der Waals surface area contributed by atoms with Gasteiger partial charge >= 0.3 is 0 Å². The van der Waals surface area contributed by atoms with Crippen molar-refractivity contribution in [2.75, 3.05) is 17.1 Å². The van der Waals surface area contributed by atoms with Crippen LogP contribution >= 0.6 is 11.6 Å². The summed E-state index contributed by atoms with van der Waals surface area (Å²) < 4.78 is 26.1. The van der Waals surface area contributed by atoms with Gasteiger partial charge in [-0.3, -0.25) is 13.9 Å². The molecule has 9 heteroatoms. The summed E-state index contributed by atoms with van der Waals surface area (Å²) >= 11 is 6.06. The second-order valence-corrected chi connectivity index (χ2v) is 11.5. The number of amides is 2. The summed E-state index contributed by atoms with van der Waals surface area (Å²) in [5.74, 6) is -0.366. The van der Waals surface area contributed by atoms with E-state index in [0.717, 1.165) is 23.8 Å². The number of halogens is 1. The van der Waals surface area contributed by atoms with Crippen LogP contribution in [0.5, 0.6) is 0 Å². The maximum Gasteiger partial charge on any atom is 0.243 e. The van der Waals surface area contributed by atoms with Crippen LogP contribution < -0.4 is 9.62 Å². The van der Waals surface area contributed by atoms with Gasteiger partial charge in [0.25, 0.3) is 0 Å². The van der Waals surface area contributed by atoms with Crippen LogP contribution in [0.25, 0.3) is 0 Å². The number of nitrogens with one attached hydrogen (secondary N) is 1. The minimum Gasteiger partial charge on any atom is -0.352 e. The molecule has 0 aliphatic rings. The molecule has 7 nitrogen and oxygen atoms in total. The molecule has 0 aliphatic heterocycles. The number of rotatable bonds is 13. The molecule has 1 N–H and O–H groups in total. The van der Waals surface area contributed by atoms with Crippen LogP contribution in [0.2, 0.25) is 5.02 Å². The number of aryl methyl sites for hydroxylation is 1. The van der Waals surface area contributed by atoms with Gasteiger partial charge in [-0.1, -0.05) is 55.8 Å². The van der Waals surface area contributed by atoms with Crippen molar-refractivity contribution in [3.8, 4) is 0 Å². The molecule has 0 unspecified atom stereocenters. The SMILES string of the molecule is CC[C@H](C(=O)N[C@@H](C)CC)N(Cc1ccccc1C)C(=O)CCCN(c1cccc(Cl)c1)S(C)(=O)=O. The van der Waals surface area contributed by atoms with Crippen molar-refractivity contribution in [1.82, 2.24) is 10.2 Å². The molecule has 0 heterocycles. The van der Waals surface area contributed by atoms with Gasteiger partial charge in [0.05, 0.1) is 11.9 Å². The highest BCUT2D eigenvalue weighted by atomic mass is 35.5. The molecule has 2 amide bonds. The fourth-order valence-electron chi connectivity index (χ4n) is 3.97. The largest absolute Gasteiger partial charge is 0.352 e. The highest BCUT2D eigenvalue weighted by molar-refractivity contribution is 7.92. The maximum absolute atomic E-state index is 13.5. The minimum absolute atomic E-state index is 0.00276. The standard InChI is InChI=1S/C27H38ClN3O4S/c1-6-21(4)29-27(33)25(7-2)30(19-22-13-9-8-12-20(22)3)26(32)16-11-17-31(36(5,34)35)24-15-10-14-23(28)18-24/h8-10,12-15,18,21,25H,6-7,11,16-17,19H2,1-5H3,(H,29,33)/t21-,25+/m0/s1. The highest BCUT2D eigenvalue weighted by Gasteiger charge is 2.29. The molecule has 0 bridgehead atoms. The first-order chi connectivity index (χ1) is 17.0. The Morgan fingerprint density at radius 3 is 2.33 bits per heavy atom. The van der Waals surface area contributed by atoms with Crippen LogP contribution in [0.3, 0.4) is 0 Å². The molecule has 2 rings (SSSR count). The predicted molar refractivity (Wildman–Crippen MR) is 147 cm³/mol. The van der Waals surface area contributed by atoms with E-state index >= 15 is 0 Å². The smallest absolute Gasteiger partial charge is 0.243 e. The zero-order chi connectivity index (χ0) is 26.9. The molecule has 0 aromatic heterocycles. The Balaban J connectivity index is 2.24. The lowest BCUT2D eigenvalue weighted by Gasteiger charge is -2.32. The zero-order valence-electron chi connectivity index (χ0n) is 21.8. The average molecular weight is 536 g/mol. The van der Waals surface area contributed by atoms with Gasteiger partial charge in [0.2, 0.25) is 21.8 Å². The van der Waals surface area contributed by atoms with Crippen LogP contribution in [-0.4, -0.2) is 50.0 Å². The van der Waals surface area contributed by atoms with Crippen molar-refractivity contribution < 1.29 is 18.0 Å².